The molecule has 268 valence electrons. The SMILES string of the molecule is CC/C=C\C/C=C\C/C=C\C/C=C\CCCCCOCC(CO)OC(=O)CCCCCCCCCCCCCCCCCCCC. The maximum atomic E-state index is 12.2. The summed E-state index contributed by atoms with van der Waals surface area (Å²) < 4.78 is 11.1. The number of unbranched alkanes of at least 4 members (excludes halogenated alkanes) is 20. The van der Waals surface area contributed by atoms with Crippen molar-refractivity contribution in [2.75, 3.05) is 19.8 Å². The predicted octanol–water partition coefficient (Wildman–Crippen LogP) is 12.7. The van der Waals surface area contributed by atoms with Crippen molar-refractivity contribution < 1.29 is 19.4 Å². The second-order valence-electron chi connectivity index (χ2n) is 13.0. The zero-order chi connectivity index (χ0) is 33.4. The topological polar surface area (TPSA) is 55.8 Å². The van der Waals surface area contributed by atoms with E-state index in [2.05, 4.69) is 62.5 Å². The van der Waals surface area contributed by atoms with Crippen molar-refractivity contribution in [3.8, 4) is 0 Å². The Morgan fingerprint density at radius 2 is 0.978 bits per heavy atom. The van der Waals surface area contributed by atoms with Gasteiger partial charge in [0.25, 0.3) is 0 Å². The second-order valence-corrected chi connectivity index (χ2v) is 13.0. The number of hydrogen-bond donors (Lipinski definition) is 1. The van der Waals surface area contributed by atoms with E-state index >= 15 is 0 Å². The highest BCUT2D eigenvalue weighted by Gasteiger charge is 2.13. The predicted molar refractivity (Wildman–Crippen MR) is 200 cm³/mol. The molecule has 0 bridgehead atoms. The van der Waals surface area contributed by atoms with E-state index in [0.29, 0.717) is 13.0 Å². The molecule has 46 heavy (non-hydrogen) atoms. The Morgan fingerprint density at radius 3 is 1.46 bits per heavy atom. The Kier molecular flexibility index (Phi) is 38.1. The molecule has 0 aliphatic heterocycles. The minimum Gasteiger partial charge on any atom is -0.457 e. The molecule has 1 atom stereocenters. The van der Waals surface area contributed by atoms with Crippen molar-refractivity contribution >= 4 is 5.97 Å². The van der Waals surface area contributed by atoms with Gasteiger partial charge in [-0.3, -0.25) is 4.79 Å². The summed E-state index contributed by atoms with van der Waals surface area (Å²) in [5.74, 6) is -0.211. The number of aliphatic hydroxyl groups excluding tert-OH is 1. The minimum atomic E-state index is -0.549. The van der Waals surface area contributed by atoms with Crippen LogP contribution in [0.3, 0.4) is 0 Å². The van der Waals surface area contributed by atoms with Gasteiger partial charge < -0.3 is 14.6 Å². The summed E-state index contributed by atoms with van der Waals surface area (Å²) >= 11 is 0. The normalized spacial score (nSPS) is 12.8. The maximum absolute atomic E-state index is 12.2. The van der Waals surface area contributed by atoms with Crippen LogP contribution in [0.15, 0.2) is 48.6 Å². The third kappa shape index (κ3) is 36.8. The molecule has 0 aliphatic rings. The summed E-state index contributed by atoms with van der Waals surface area (Å²) in [6, 6.07) is 0. The lowest BCUT2D eigenvalue weighted by Crippen LogP contribution is -2.27. The Labute approximate surface area is 286 Å². The smallest absolute Gasteiger partial charge is 0.306 e. The zero-order valence-electron chi connectivity index (χ0n) is 30.6. The molecule has 0 aromatic carbocycles. The quantitative estimate of drug-likeness (QED) is 0.0419. The fourth-order valence-corrected chi connectivity index (χ4v) is 5.50. The van der Waals surface area contributed by atoms with Gasteiger partial charge in [-0.2, -0.15) is 0 Å². The summed E-state index contributed by atoms with van der Waals surface area (Å²) in [6.45, 7) is 5.17. The molecule has 0 spiro atoms. The third-order valence-corrected chi connectivity index (χ3v) is 8.42. The summed E-state index contributed by atoms with van der Waals surface area (Å²) in [5.41, 5.74) is 0. The molecule has 0 aliphatic carbocycles. The van der Waals surface area contributed by atoms with Crippen LogP contribution in [-0.4, -0.2) is 37.0 Å². The molecule has 4 heteroatoms. The maximum Gasteiger partial charge on any atom is 0.306 e. The number of hydrogen-bond acceptors (Lipinski definition) is 4. The molecule has 0 saturated carbocycles. The van der Waals surface area contributed by atoms with Crippen LogP contribution >= 0.6 is 0 Å². The van der Waals surface area contributed by atoms with Crippen LogP contribution in [-0.2, 0) is 14.3 Å². The Hall–Kier alpha value is -1.65. The summed E-state index contributed by atoms with van der Waals surface area (Å²) in [7, 11) is 0. The molecule has 0 rings (SSSR count). The zero-order valence-corrected chi connectivity index (χ0v) is 30.6. The van der Waals surface area contributed by atoms with Crippen molar-refractivity contribution in [2.45, 2.75) is 193 Å². The highest BCUT2D eigenvalue weighted by Crippen LogP contribution is 2.15. The number of ether oxygens (including phenoxy) is 2. The van der Waals surface area contributed by atoms with Crippen LogP contribution in [0.25, 0.3) is 0 Å². The van der Waals surface area contributed by atoms with Crippen molar-refractivity contribution in [1.29, 1.82) is 0 Å². The van der Waals surface area contributed by atoms with Gasteiger partial charge in [0.2, 0.25) is 0 Å². The summed E-state index contributed by atoms with van der Waals surface area (Å²) in [6.07, 6.45) is 50.2. The summed E-state index contributed by atoms with van der Waals surface area (Å²) in [5, 5.41) is 9.57. The first-order chi connectivity index (χ1) is 22.7. The highest BCUT2D eigenvalue weighted by atomic mass is 16.6. The Bertz CT molecular complexity index is 723. The minimum absolute atomic E-state index is 0.184. The van der Waals surface area contributed by atoms with Gasteiger partial charge in [-0.15, -0.1) is 0 Å². The molecule has 0 amide bonds. The van der Waals surface area contributed by atoms with E-state index in [1.165, 1.54) is 103 Å². The average Bonchev–Trinajstić information content (AvgIpc) is 3.06. The molecule has 1 unspecified atom stereocenters. The lowest BCUT2D eigenvalue weighted by Gasteiger charge is -2.15. The lowest BCUT2D eigenvalue weighted by atomic mass is 10.0. The van der Waals surface area contributed by atoms with Crippen molar-refractivity contribution in [2.24, 2.45) is 0 Å². The van der Waals surface area contributed by atoms with E-state index in [9.17, 15) is 9.90 Å². The first-order valence-corrected chi connectivity index (χ1v) is 19.7. The molecule has 0 heterocycles. The largest absolute Gasteiger partial charge is 0.457 e. The van der Waals surface area contributed by atoms with Gasteiger partial charge in [0.1, 0.15) is 6.10 Å². The molecule has 0 aromatic heterocycles. The van der Waals surface area contributed by atoms with Gasteiger partial charge in [-0.05, 0) is 51.4 Å². The first-order valence-electron chi connectivity index (χ1n) is 19.7. The van der Waals surface area contributed by atoms with Crippen LogP contribution in [0.2, 0.25) is 0 Å². The van der Waals surface area contributed by atoms with Gasteiger partial charge in [0, 0.05) is 13.0 Å². The molecule has 0 radical (unpaired) electrons. The number of allylic oxidation sites excluding steroid dienone is 8. The van der Waals surface area contributed by atoms with Gasteiger partial charge in [-0.1, -0.05) is 178 Å². The van der Waals surface area contributed by atoms with Crippen LogP contribution in [0.4, 0.5) is 0 Å². The highest BCUT2D eigenvalue weighted by molar-refractivity contribution is 5.69. The van der Waals surface area contributed by atoms with Crippen molar-refractivity contribution in [3.05, 3.63) is 48.6 Å². The standard InChI is InChI=1S/C42H76O4/c1-3-5-7-9-11-13-15-17-19-21-22-23-25-27-29-31-33-35-37-42(44)46-41(39-43)40-45-38-36-34-32-30-28-26-24-20-18-16-14-12-10-8-6-4-2/h6,8,12,14,18,20,26,28,41,43H,3-5,7,9-11,13,15-17,19,21-25,27,29-40H2,1-2H3/b8-6-,14-12-,20-18-,28-26-. The van der Waals surface area contributed by atoms with Gasteiger partial charge in [0.05, 0.1) is 13.2 Å². The van der Waals surface area contributed by atoms with E-state index in [-0.39, 0.29) is 19.2 Å². The molecule has 4 nitrogen and oxygen atoms in total. The first kappa shape index (κ1) is 44.4. The van der Waals surface area contributed by atoms with Crippen molar-refractivity contribution in [3.63, 3.8) is 0 Å². The number of carbonyl (C=O) groups excluding carboxylic acids is 1. The van der Waals surface area contributed by atoms with Crippen molar-refractivity contribution in [1.82, 2.24) is 0 Å². The van der Waals surface area contributed by atoms with Gasteiger partial charge in [0.15, 0.2) is 0 Å². The van der Waals surface area contributed by atoms with Crippen LogP contribution in [0.1, 0.15) is 187 Å². The average molecular weight is 645 g/mol. The van der Waals surface area contributed by atoms with E-state index in [0.717, 1.165) is 64.2 Å². The van der Waals surface area contributed by atoms with E-state index in [4.69, 9.17) is 9.47 Å². The lowest BCUT2D eigenvalue weighted by molar-refractivity contribution is -0.154. The second kappa shape index (κ2) is 39.5. The summed E-state index contributed by atoms with van der Waals surface area (Å²) in [4.78, 5) is 12.2. The molecule has 0 aromatic rings. The molecular formula is C42H76O4. The monoisotopic (exact) mass is 645 g/mol. The number of esters is 1. The van der Waals surface area contributed by atoms with Crippen LogP contribution in [0.5, 0.6) is 0 Å². The van der Waals surface area contributed by atoms with E-state index in [1.807, 2.05) is 0 Å². The van der Waals surface area contributed by atoms with E-state index in [1.54, 1.807) is 0 Å². The molecule has 1 N–H and O–H groups in total. The number of carbonyl (C=O) groups is 1. The fraction of sp³-hybridized carbons (Fsp3) is 0.786. The number of rotatable bonds is 36. The third-order valence-electron chi connectivity index (χ3n) is 8.42. The Balaban J connectivity index is 3.47. The van der Waals surface area contributed by atoms with Gasteiger partial charge in [-0.25, -0.2) is 0 Å². The molecular weight excluding hydrogens is 568 g/mol. The molecule has 0 fully saturated rings. The van der Waals surface area contributed by atoms with Crippen LogP contribution in [0, 0.1) is 0 Å². The van der Waals surface area contributed by atoms with Gasteiger partial charge >= 0.3 is 5.97 Å². The Morgan fingerprint density at radius 1 is 0.543 bits per heavy atom. The fourth-order valence-electron chi connectivity index (χ4n) is 5.50. The number of aliphatic hydroxyl groups is 1. The van der Waals surface area contributed by atoms with Crippen LogP contribution < -0.4 is 0 Å². The molecule has 0 saturated heterocycles. The van der Waals surface area contributed by atoms with E-state index < -0.39 is 6.10 Å².